The van der Waals surface area contributed by atoms with Crippen molar-refractivity contribution in [1.82, 2.24) is 0 Å². The molecule has 0 spiro atoms. The molecule has 0 aliphatic heterocycles. The van der Waals surface area contributed by atoms with E-state index in [1.807, 2.05) is 0 Å². The molecule has 0 aliphatic carbocycles. The van der Waals surface area contributed by atoms with E-state index in [2.05, 4.69) is 5.10 Å². The highest BCUT2D eigenvalue weighted by Crippen LogP contribution is 2.31. The molecule has 1 amide bonds. The molecule has 11 heteroatoms. The molecular weight excluding hydrogens is 479 g/mol. The Labute approximate surface area is 203 Å². The molecule has 3 aromatic rings. The summed E-state index contributed by atoms with van der Waals surface area (Å²) in [7, 11) is 0. The molecule has 0 unspecified atom stereocenters. The van der Waals surface area contributed by atoms with Crippen LogP contribution in [0.5, 0.6) is 0 Å². The molecule has 0 N–H and O–H groups in total. The largest absolute Gasteiger partial charge is 0.452 e. The van der Waals surface area contributed by atoms with Crippen molar-refractivity contribution in [2.24, 2.45) is 5.10 Å². The molecule has 0 saturated heterocycles. The predicted molar refractivity (Wildman–Crippen MR) is 126 cm³/mol. The van der Waals surface area contributed by atoms with Crippen LogP contribution in [0.4, 0.5) is 24.5 Å². The first-order chi connectivity index (χ1) is 17.1. The smallest absolute Gasteiger partial charge is 0.416 e. The number of hydrogen-bond acceptors (Lipinski definition) is 6. The fourth-order valence-electron chi connectivity index (χ4n) is 2.90. The summed E-state index contributed by atoms with van der Waals surface area (Å²) >= 11 is 0. The molecule has 0 saturated carbocycles. The number of halogens is 3. The van der Waals surface area contributed by atoms with Crippen molar-refractivity contribution in [2.75, 3.05) is 11.6 Å². The van der Waals surface area contributed by atoms with Gasteiger partial charge in [-0.25, -0.2) is 4.79 Å². The van der Waals surface area contributed by atoms with Crippen LogP contribution < -0.4 is 5.01 Å². The molecule has 3 aromatic carbocycles. The molecule has 0 fully saturated rings. The lowest BCUT2D eigenvalue weighted by molar-refractivity contribution is -0.384. The number of hydrazone groups is 1. The molecule has 0 bridgehead atoms. The fourth-order valence-corrected chi connectivity index (χ4v) is 2.90. The van der Waals surface area contributed by atoms with E-state index in [0.29, 0.717) is 16.1 Å². The molecule has 0 heterocycles. The number of ether oxygens (including phenoxy) is 1. The summed E-state index contributed by atoms with van der Waals surface area (Å²) in [6.07, 6.45) is -1.13. The zero-order valence-electron chi connectivity index (χ0n) is 18.5. The number of rotatable bonds is 8. The number of hydrogen-bond donors (Lipinski definition) is 0. The predicted octanol–water partition coefficient (Wildman–Crippen LogP) is 5.24. The van der Waals surface area contributed by atoms with E-state index in [-0.39, 0.29) is 11.4 Å². The van der Waals surface area contributed by atoms with Gasteiger partial charge in [0.2, 0.25) is 0 Å². The second kappa shape index (κ2) is 11.6. The molecule has 8 nitrogen and oxygen atoms in total. The van der Waals surface area contributed by atoms with Gasteiger partial charge in [0.1, 0.15) is 0 Å². The van der Waals surface area contributed by atoms with Crippen molar-refractivity contribution in [1.29, 1.82) is 0 Å². The standard InChI is InChI=1S/C25H18F3N3O5/c26-25(27,28)20-9-5-10-21(15-20)30(29-16-19-6-2-1-3-7-19)23(32)17-36-24(33)13-12-18-8-4-11-22(14-18)31(34)35/h1-16H,17H2. The second-order valence-corrected chi connectivity index (χ2v) is 7.20. The molecule has 36 heavy (non-hydrogen) atoms. The summed E-state index contributed by atoms with van der Waals surface area (Å²) in [4.78, 5) is 35.1. The number of alkyl halides is 3. The number of carbonyl (C=O) groups excluding carboxylic acids is 2. The van der Waals surface area contributed by atoms with Crippen molar-refractivity contribution in [3.8, 4) is 0 Å². The maximum Gasteiger partial charge on any atom is 0.416 e. The minimum Gasteiger partial charge on any atom is -0.452 e. The van der Waals surface area contributed by atoms with Gasteiger partial charge in [-0.15, -0.1) is 0 Å². The maximum atomic E-state index is 13.2. The van der Waals surface area contributed by atoms with E-state index < -0.39 is 35.1 Å². The molecule has 0 aromatic heterocycles. The van der Waals surface area contributed by atoms with E-state index in [1.54, 1.807) is 30.3 Å². The van der Waals surface area contributed by atoms with Gasteiger partial charge in [-0.2, -0.15) is 23.3 Å². The minimum absolute atomic E-state index is 0.172. The summed E-state index contributed by atoms with van der Waals surface area (Å²) in [5, 5.41) is 15.6. The van der Waals surface area contributed by atoms with Crippen LogP contribution >= 0.6 is 0 Å². The summed E-state index contributed by atoms with van der Waals surface area (Å²) in [5.41, 5.74) is -0.395. The zero-order chi connectivity index (χ0) is 26.1. The molecule has 0 aliphatic rings. The van der Waals surface area contributed by atoms with Crippen molar-refractivity contribution in [3.63, 3.8) is 0 Å². The first-order valence-electron chi connectivity index (χ1n) is 10.3. The molecule has 3 rings (SSSR count). The van der Waals surface area contributed by atoms with Gasteiger partial charge in [-0.05, 0) is 35.4 Å². The number of carbonyl (C=O) groups is 2. The normalized spacial score (nSPS) is 11.5. The number of benzene rings is 3. The second-order valence-electron chi connectivity index (χ2n) is 7.20. The van der Waals surface area contributed by atoms with Crippen LogP contribution in [0.2, 0.25) is 0 Å². The summed E-state index contributed by atoms with van der Waals surface area (Å²) in [6, 6.07) is 18.0. The Hall–Kier alpha value is -4.80. The van der Waals surface area contributed by atoms with Gasteiger partial charge in [0.25, 0.3) is 11.6 Å². The molecule has 184 valence electrons. The van der Waals surface area contributed by atoms with E-state index in [9.17, 15) is 32.9 Å². The van der Waals surface area contributed by atoms with Gasteiger partial charge in [-0.3, -0.25) is 14.9 Å². The lowest BCUT2D eigenvalue weighted by atomic mass is 10.2. The van der Waals surface area contributed by atoms with Crippen molar-refractivity contribution in [3.05, 3.63) is 112 Å². The number of nitro groups is 1. The Morgan fingerprint density at radius 3 is 2.36 bits per heavy atom. The van der Waals surface area contributed by atoms with Crippen LogP contribution in [0.15, 0.2) is 90.0 Å². The lowest BCUT2D eigenvalue weighted by Crippen LogP contribution is -2.30. The van der Waals surface area contributed by atoms with Gasteiger partial charge in [0.15, 0.2) is 6.61 Å². The van der Waals surface area contributed by atoms with E-state index in [4.69, 9.17) is 4.74 Å². The third-order valence-electron chi connectivity index (χ3n) is 4.61. The number of anilines is 1. The van der Waals surface area contributed by atoms with Gasteiger partial charge in [-0.1, -0.05) is 48.5 Å². The van der Waals surface area contributed by atoms with Crippen LogP contribution in [-0.4, -0.2) is 29.6 Å². The van der Waals surface area contributed by atoms with Crippen LogP contribution in [-0.2, 0) is 20.5 Å². The first kappa shape index (κ1) is 25.8. The number of non-ortho nitro benzene ring substituents is 1. The topological polar surface area (TPSA) is 102 Å². The van der Waals surface area contributed by atoms with Crippen LogP contribution in [0, 0.1) is 10.1 Å². The Balaban J connectivity index is 1.75. The SMILES string of the molecule is O=C(C=Cc1cccc([N+](=O)[O-])c1)OCC(=O)N(N=Cc1ccccc1)c1cccc(C(F)(F)F)c1. The quantitative estimate of drug-likeness (QED) is 0.139. The number of esters is 1. The highest BCUT2D eigenvalue weighted by molar-refractivity contribution is 5.97. The molecule has 0 radical (unpaired) electrons. The summed E-state index contributed by atoms with van der Waals surface area (Å²) in [6.45, 7) is -0.819. The average Bonchev–Trinajstić information content (AvgIpc) is 2.87. The minimum atomic E-state index is -4.64. The van der Waals surface area contributed by atoms with E-state index in [0.717, 1.165) is 24.3 Å². The monoisotopic (exact) mass is 497 g/mol. The van der Waals surface area contributed by atoms with Crippen molar-refractivity contribution in [2.45, 2.75) is 6.18 Å². The van der Waals surface area contributed by atoms with Gasteiger partial charge in [0, 0.05) is 18.2 Å². The van der Waals surface area contributed by atoms with E-state index in [1.165, 1.54) is 42.6 Å². The maximum absolute atomic E-state index is 13.2. The number of amides is 1. The Morgan fingerprint density at radius 1 is 0.972 bits per heavy atom. The highest BCUT2D eigenvalue weighted by atomic mass is 19.4. The van der Waals surface area contributed by atoms with Crippen molar-refractivity contribution >= 4 is 35.5 Å². The van der Waals surface area contributed by atoms with Crippen LogP contribution in [0.1, 0.15) is 16.7 Å². The number of nitro benzene ring substituents is 1. The first-order valence-corrected chi connectivity index (χ1v) is 10.3. The molecule has 0 atom stereocenters. The van der Waals surface area contributed by atoms with Crippen LogP contribution in [0.25, 0.3) is 6.08 Å². The average molecular weight is 497 g/mol. The summed E-state index contributed by atoms with van der Waals surface area (Å²) in [5.74, 6) is -1.84. The van der Waals surface area contributed by atoms with Crippen LogP contribution in [0.3, 0.4) is 0 Å². The van der Waals surface area contributed by atoms with Gasteiger partial charge in [0.05, 0.1) is 22.4 Å². The number of nitrogens with zero attached hydrogens (tertiary/aromatic N) is 3. The summed E-state index contributed by atoms with van der Waals surface area (Å²) < 4.78 is 44.4. The van der Waals surface area contributed by atoms with Gasteiger partial charge >= 0.3 is 12.1 Å². The van der Waals surface area contributed by atoms with Gasteiger partial charge < -0.3 is 4.74 Å². The lowest BCUT2D eigenvalue weighted by Gasteiger charge is -2.18. The Morgan fingerprint density at radius 2 is 1.67 bits per heavy atom. The third kappa shape index (κ3) is 7.35. The zero-order valence-corrected chi connectivity index (χ0v) is 18.5. The van der Waals surface area contributed by atoms with Crippen molar-refractivity contribution < 1.29 is 32.4 Å². The Bertz CT molecular complexity index is 1310. The highest BCUT2D eigenvalue weighted by Gasteiger charge is 2.31. The third-order valence-corrected chi connectivity index (χ3v) is 4.61. The Kier molecular flexibility index (Phi) is 8.29. The molecular formula is C25H18F3N3O5. The van der Waals surface area contributed by atoms with E-state index >= 15 is 0 Å². The fraction of sp³-hybridized carbons (Fsp3) is 0.0800.